The summed E-state index contributed by atoms with van der Waals surface area (Å²) in [6, 6.07) is 0. The van der Waals surface area contributed by atoms with Crippen LogP contribution in [-0.2, 0) is 4.79 Å². The zero-order valence-electron chi connectivity index (χ0n) is 1.72. The molecule has 0 aliphatic heterocycles. The van der Waals surface area contributed by atoms with Gasteiger partial charge in [-0.3, -0.25) is 4.79 Å². The number of rotatable bonds is 0. The van der Waals surface area contributed by atoms with E-state index in [2.05, 4.69) is 0 Å². The van der Waals surface area contributed by atoms with Crippen molar-refractivity contribution in [2.45, 2.75) is 0 Å². The zero-order valence-corrected chi connectivity index (χ0v) is 3.57. The van der Waals surface area contributed by atoms with E-state index in [-0.39, 0.29) is 43.8 Å². The largest absolute Gasteiger partial charge is 0.483 e. The number of carbonyl (C=O) groups is 1. The minimum absolute atomic E-state index is 0. The predicted octanol–water partition coefficient (Wildman–Crippen LogP) is -0.299. The smallest absolute Gasteiger partial charge is 0.290 e. The average Bonchev–Trinajstić information content (AvgIpc) is 0.918. The Labute approximate surface area is 53.4 Å². The maximum absolute atomic E-state index is 8.36. The predicted molar refractivity (Wildman–Crippen MR) is 8.69 cm³/mol. The summed E-state index contributed by atoms with van der Waals surface area (Å²) < 4.78 is 0. The first-order valence-corrected chi connectivity index (χ1v) is 0.494. The fourth-order valence-corrected chi connectivity index (χ4v) is 0. The van der Waals surface area contributed by atoms with Gasteiger partial charge in [0.05, 0.1) is 0 Å². The summed E-state index contributed by atoms with van der Waals surface area (Å²) in [6.07, 6.45) is 0. The molecule has 0 radical (unpaired) electrons. The van der Waals surface area contributed by atoms with Crippen LogP contribution >= 0.6 is 0 Å². The molecule has 0 amide bonds. The van der Waals surface area contributed by atoms with Gasteiger partial charge in [0, 0.05) is 37.3 Å². The fourth-order valence-electron chi connectivity index (χ4n) is 0. The standard InChI is InChI=1S/CH2O2.Er/c2-1-3;/h1H,(H,2,3);. The van der Waals surface area contributed by atoms with Crippen LogP contribution in [0.5, 0.6) is 0 Å². The van der Waals surface area contributed by atoms with Crippen molar-refractivity contribution in [2.75, 3.05) is 0 Å². The fraction of sp³-hybridized carbons (Fsp3) is 0. The monoisotopic (exact) mass is 212 g/mol. The third-order valence-electron chi connectivity index (χ3n) is 0. The second-order valence-electron chi connectivity index (χ2n) is 0.105. The number of hydrogen-bond donors (Lipinski definition) is 1. The maximum atomic E-state index is 8.36. The van der Waals surface area contributed by atoms with Gasteiger partial charge < -0.3 is 5.11 Å². The molecule has 0 spiro atoms. The molecule has 30 valence electrons. The molecule has 0 aromatic rings. The van der Waals surface area contributed by atoms with E-state index in [0.717, 1.165) is 0 Å². The van der Waals surface area contributed by atoms with Gasteiger partial charge in [0.25, 0.3) is 6.47 Å². The topological polar surface area (TPSA) is 37.3 Å². The third-order valence-corrected chi connectivity index (χ3v) is 0. The van der Waals surface area contributed by atoms with E-state index >= 15 is 0 Å². The Morgan fingerprint density at radius 1 is 1.75 bits per heavy atom. The molecule has 0 saturated heterocycles. The molecule has 0 aromatic heterocycles. The Morgan fingerprint density at radius 3 is 1.75 bits per heavy atom. The van der Waals surface area contributed by atoms with Gasteiger partial charge in [-0.2, -0.15) is 0 Å². The van der Waals surface area contributed by atoms with Crippen molar-refractivity contribution in [3.8, 4) is 0 Å². The molecule has 0 bridgehead atoms. The molecule has 0 unspecified atom stereocenters. The van der Waals surface area contributed by atoms with E-state index in [9.17, 15) is 0 Å². The normalized spacial score (nSPS) is 3.00. The van der Waals surface area contributed by atoms with E-state index in [0.29, 0.717) is 0 Å². The van der Waals surface area contributed by atoms with Crippen LogP contribution in [0.4, 0.5) is 0 Å². The maximum Gasteiger partial charge on any atom is 0.290 e. The summed E-state index contributed by atoms with van der Waals surface area (Å²) in [6.45, 7) is -0.250. The molecule has 0 heterocycles. The summed E-state index contributed by atoms with van der Waals surface area (Å²) in [5.41, 5.74) is 0. The number of carboxylic acid groups (broad SMARTS) is 1. The summed E-state index contributed by atoms with van der Waals surface area (Å²) in [4.78, 5) is 8.36. The van der Waals surface area contributed by atoms with Crippen LogP contribution in [0.1, 0.15) is 0 Å². The Bertz CT molecular complexity index is 13.5. The van der Waals surface area contributed by atoms with Crippen LogP contribution in [0.25, 0.3) is 0 Å². The van der Waals surface area contributed by atoms with Crippen LogP contribution in [0.2, 0.25) is 0 Å². The van der Waals surface area contributed by atoms with E-state index < -0.39 is 0 Å². The molecule has 4 heavy (non-hydrogen) atoms. The molecule has 0 atom stereocenters. The van der Waals surface area contributed by atoms with Crippen molar-refractivity contribution in [1.29, 1.82) is 0 Å². The van der Waals surface area contributed by atoms with Gasteiger partial charge in [0.15, 0.2) is 0 Å². The first-order valence-electron chi connectivity index (χ1n) is 0.494. The number of hydrogen-bond acceptors (Lipinski definition) is 1. The van der Waals surface area contributed by atoms with Gasteiger partial charge >= 0.3 is 0 Å². The van der Waals surface area contributed by atoms with Crippen molar-refractivity contribution in [1.82, 2.24) is 0 Å². The zero-order chi connectivity index (χ0) is 2.71. The average molecular weight is 213 g/mol. The van der Waals surface area contributed by atoms with Crippen LogP contribution in [0.15, 0.2) is 0 Å². The molecule has 0 rings (SSSR count). The minimum Gasteiger partial charge on any atom is -0.483 e. The molecule has 0 fully saturated rings. The van der Waals surface area contributed by atoms with Gasteiger partial charge in [-0.25, -0.2) is 0 Å². The van der Waals surface area contributed by atoms with Crippen molar-refractivity contribution in [3.63, 3.8) is 0 Å². The summed E-state index contributed by atoms with van der Waals surface area (Å²) >= 11 is 0. The Morgan fingerprint density at radius 2 is 1.75 bits per heavy atom. The van der Waals surface area contributed by atoms with Crippen molar-refractivity contribution in [3.05, 3.63) is 0 Å². The minimum atomic E-state index is -0.250. The Kier molecular flexibility index (Phi) is 20.5. The summed E-state index contributed by atoms with van der Waals surface area (Å²) in [5.74, 6) is 0. The quantitative estimate of drug-likeness (QED) is 0.561. The van der Waals surface area contributed by atoms with Gasteiger partial charge in [-0.1, -0.05) is 0 Å². The van der Waals surface area contributed by atoms with E-state index in [4.69, 9.17) is 9.90 Å². The molecule has 0 saturated carbocycles. The van der Waals surface area contributed by atoms with Crippen molar-refractivity contribution >= 4 is 6.47 Å². The van der Waals surface area contributed by atoms with Crippen LogP contribution in [-0.4, -0.2) is 11.6 Å². The molecular weight excluding hydrogens is 211 g/mol. The Balaban J connectivity index is 0. The van der Waals surface area contributed by atoms with Gasteiger partial charge in [-0.05, 0) is 0 Å². The first kappa shape index (κ1) is 8.83. The van der Waals surface area contributed by atoms with Crippen LogP contribution in [0.3, 0.4) is 0 Å². The molecule has 2 nitrogen and oxygen atoms in total. The van der Waals surface area contributed by atoms with Crippen molar-refractivity contribution < 1.29 is 47.2 Å². The van der Waals surface area contributed by atoms with Crippen LogP contribution < -0.4 is 0 Å². The van der Waals surface area contributed by atoms with E-state index in [1.165, 1.54) is 0 Å². The van der Waals surface area contributed by atoms with Gasteiger partial charge in [0.2, 0.25) is 0 Å². The molecule has 0 aromatic carbocycles. The summed E-state index contributed by atoms with van der Waals surface area (Å²) in [7, 11) is 0. The van der Waals surface area contributed by atoms with E-state index in [1.807, 2.05) is 0 Å². The molecule has 0 aliphatic carbocycles. The molecule has 1 N–H and O–H groups in total. The second kappa shape index (κ2) is 9.31. The molecule has 3 heteroatoms. The van der Waals surface area contributed by atoms with Gasteiger partial charge in [0.1, 0.15) is 0 Å². The molecular formula is CH2ErO2. The van der Waals surface area contributed by atoms with Crippen LogP contribution in [0, 0.1) is 37.3 Å². The first-order chi connectivity index (χ1) is 1.41. The van der Waals surface area contributed by atoms with E-state index in [1.54, 1.807) is 0 Å². The molecule has 0 aliphatic rings. The second-order valence-corrected chi connectivity index (χ2v) is 0.105. The third kappa shape index (κ3) is 15.6. The Hall–Kier alpha value is 0.717. The SMILES string of the molecule is O=CO.[Er]. The summed E-state index contributed by atoms with van der Waals surface area (Å²) in [5, 5.41) is 6.89. The van der Waals surface area contributed by atoms with Crippen molar-refractivity contribution in [2.24, 2.45) is 0 Å². The van der Waals surface area contributed by atoms with Gasteiger partial charge in [-0.15, -0.1) is 0 Å².